The average Bonchev–Trinajstić information content (AvgIpc) is 2.82. The van der Waals surface area contributed by atoms with E-state index >= 15 is 0 Å². The van der Waals surface area contributed by atoms with Crippen LogP contribution in [-0.2, 0) is 4.79 Å². The molecular formula is C28H53NO4. The van der Waals surface area contributed by atoms with Crippen molar-refractivity contribution in [1.29, 1.82) is 0 Å². The molecule has 0 aliphatic heterocycles. The second-order valence-electron chi connectivity index (χ2n) is 9.25. The van der Waals surface area contributed by atoms with E-state index in [2.05, 4.69) is 31.3 Å². The van der Waals surface area contributed by atoms with Gasteiger partial charge < -0.3 is 20.6 Å². The lowest BCUT2D eigenvalue weighted by Gasteiger charge is -2.21. The van der Waals surface area contributed by atoms with Crippen molar-refractivity contribution in [3.05, 3.63) is 24.3 Å². The first-order valence-electron chi connectivity index (χ1n) is 13.7. The van der Waals surface area contributed by atoms with Crippen molar-refractivity contribution in [3.63, 3.8) is 0 Å². The minimum atomic E-state index is -1.10. The molecule has 0 bridgehead atoms. The van der Waals surface area contributed by atoms with E-state index in [-0.39, 0.29) is 6.61 Å². The van der Waals surface area contributed by atoms with Crippen LogP contribution in [0.1, 0.15) is 123 Å². The zero-order valence-corrected chi connectivity index (χ0v) is 21.5. The van der Waals surface area contributed by atoms with E-state index < -0.39 is 24.2 Å². The molecule has 0 saturated heterocycles. The molecule has 0 spiro atoms. The molecule has 0 aromatic heterocycles. The minimum Gasteiger partial charge on any atom is -0.394 e. The predicted molar refractivity (Wildman–Crippen MR) is 139 cm³/mol. The largest absolute Gasteiger partial charge is 0.394 e. The van der Waals surface area contributed by atoms with E-state index in [0.717, 1.165) is 44.9 Å². The fourth-order valence-corrected chi connectivity index (χ4v) is 3.75. The first kappa shape index (κ1) is 31.8. The van der Waals surface area contributed by atoms with Gasteiger partial charge in [0.15, 0.2) is 0 Å². The Hall–Kier alpha value is -1.17. The van der Waals surface area contributed by atoms with Gasteiger partial charge >= 0.3 is 0 Å². The molecular weight excluding hydrogens is 414 g/mol. The molecule has 0 saturated carbocycles. The third-order valence-electron chi connectivity index (χ3n) is 6.04. The van der Waals surface area contributed by atoms with Crippen LogP contribution in [0.3, 0.4) is 0 Å². The maximum Gasteiger partial charge on any atom is 0.249 e. The fraction of sp³-hybridized carbons (Fsp3) is 0.821. The number of aliphatic hydroxyl groups excluding tert-OH is 3. The summed E-state index contributed by atoms with van der Waals surface area (Å²) in [6, 6.07) is -0.796. The van der Waals surface area contributed by atoms with Crippen molar-refractivity contribution in [2.45, 2.75) is 141 Å². The second kappa shape index (κ2) is 24.0. The van der Waals surface area contributed by atoms with Gasteiger partial charge in [0.2, 0.25) is 5.91 Å². The Morgan fingerprint density at radius 1 is 0.727 bits per heavy atom. The first-order chi connectivity index (χ1) is 16.1. The Morgan fingerprint density at radius 2 is 1.24 bits per heavy atom. The van der Waals surface area contributed by atoms with Crippen LogP contribution < -0.4 is 5.32 Å². The average molecular weight is 468 g/mol. The molecule has 0 aliphatic carbocycles. The predicted octanol–water partition coefficient (Wildman–Crippen LogP) is 5.97. The van der Waals surface area contributed by atoms with Crippen molar-refractivity contribution in [3.8, 4) is 0 Å². The van der Waals surface area contributed by atoms with E-state index in [4.69, 9.17) is 0 Å². The number of allylic oxidation sites excluding steroid dienone is 3. The van der Waals surface area contributed by atoms with Gasteiger partial charge in [0.05, 0.1) is 18.8 Å². The van der Waals surface area contributed by atoms with Crippen LogP contribution in [0.15, 0.2) is 24.3 Å². The lowest BCUT2D eigenvalue weighted by atomic mass is 10.1. The van der Waals surface area contributed by atoms with Crippen LogP contribution in [-0.4, -0.2) is 46.1 Å². The maximum atomic E-state index is 12.2. The molecule has 0 heterocycles. The lowest BCUT2D eigenvalue weighted by Crippen LogP contribution is -2.48. The monoisotopic (exact) mass is 467 g/mol. The van der Waals surface area contributed by atoms with Crippen molar-refractivity contribution in [1.82, 2.24) is 5.32 Å². The van der Waals surface area contributed by atoms with Gasteiger partial charge in [0.1, 0.15) is 6.10 Å². The van der Waals surface area contributed by atoms with Crippen LogP contribution in [0.4, 0.5) is 0 Å². The number of aliphatic hydroxyl groups is 3. The van der Waals surface area contributed by atoms with Gasteiger partial charge in [0, 0.05) is 0 Å². The molecule has 0 aromatic rings. The van der Waals surface area contributed by atoms with Crippen molar-refractivity contribution < 1.29 is 20.1 Å². The number of unbranched alkanes of at least 4 members (excludes halogenated alkanes) is 13. The van der Waals surface area contributed by atoms with E-state index in [9.17, 15) is 20.1 Å². The molecule has 4 N–H and O–H groups in total. The van der Waals surface area contributed by atoms with Crippen molar-refractivity contribution in [2.24, 2.45) is 0 Å². The molecule has 0 rings (SSSR count). The Kier molecular flexibility index (Phi) is 23.1. The molecule has 3 atom stereocenters. The summed E-state index contributed by atoms with van der Waals surface area (Å²) in [5.41, 5.74) is 0. The third-order valence-corrected chi connectivity index (χ3v) is 6.04. The number of carbonyl (C=O) groups excluding carboxylic acids is 1. The first-order valence-corrected chi connectivity index (χ1v) is 13.7. The summed E-state index contributed by atoms with van der Waals surface area (Å²) >= 11 is 0. The Morgan fingerprint density at radius 3 is 1.85 bits per heavy atom. The standard InChI is InChI=1S/C28H53NO4/c1-3-5-7-9-11-13-15-16-18-20-22-26(31)25(24-30)29-28(33)27(32)23-21-19-17-14-12-10-8-6-4-2/h10,12,20,22,25-27,30-32H,3-9,11,13-19,21,23-24H2,1-2H3,(H,29,33)/b12-10-,22-20+. The lowest BCUT2D eigenvalue weighted by molar-refractivity contribution is -0.131. The van der Waals surface area contributed by atoms with Crippen LogP contribution in [0.5, 0.6) is 0 Å². The number of amides is 1. The normalized spacial score (nSPS) is 14.7. The zero-order valence-electron chi connectivity index (χ0n) is 21.5. The smallest absolute Gasteiger partial charge is 0.249 e. The summed E-state index contributed by atoms with van der Waals surface area (Å²) < 4.78 is 0. The maximum absolute atomic E-state index is 12.2. The fourth-order valence-electron chi connectivity index (χ4n) is 3.75. The molecule has 0 aromatic carbocycles. The summed E-state index contributed by atoms with van der Waals surface area (Å²) in [7, 11) is 0. The molecule has 0 radical (unpaired) electrons. The van der Waals surface area contributed by atoms with E-state index in [1.807, 2.05) is 6.08 Å². The van der Waals surface area contributed by atoms with Crippen LogP contribution in [0, 0.1) is 0 Å². The van der Waals surface area contributed by atoms with Crippen LogP contribution in [0.25, 0.3) is 0 Å². The summed E-state index contributed by atoms with van der Waals surface area (Å²) in [4.78, 5) is 12.2. The highest BCUT2D eigenvalue weighted by atomic mass is 16.3. The van der Waals surface area contributed by atoms with Gasteiger partial charge in [-0.1, -0.05) is 109 Å². The zero-order chi connectivity index (χ0) is 24.6. The van der Waals surface area contributed by atoms with E-state index in [0.29, 0.717) is 6.42 Å². The number of carbonyl (C=O) groups is 1. The van der Waals surface area contributed by atoms with Gasteiger partial charge in [-0.05, 0) is 38.5 Å². The Balaban J connectivity index is 3.94. The summed E-state index contributed by atoms with van der Waals surface area (Å²) in [6.07, 6.45) is 24.7. The summed E-state index contributed by atoms with van der Waals surface area (Å²) in [6.45, 7) is 4.05. The van der Waals surface area contributed by atoms with Crippen LogP contribution in [0.2, 0.25) is 0 Å². The van der Waals surface area contributed by atoms with Crippen molar-refractivity contribution >= 4 is 5.91 Å². The third kappa shape index (κ3) is 20.0. The number of rotatable bonds is 23. The highest BCUT2D eigenvalue weighted by Gasteiger charge is 2.22. The molecule has 3 unspecified atom stereocenters. The van der Waals surface area contributed by atoms with E-state index in [1.54, 1.807) is 6.08 Å². The number of nitrogens with one attached hydrogen (secondary N) is 1. The van der Waals surface area contributed by atoms with E-state index in [1.165, 1.54) is 57.8 Å². The van der Waals surface area contributed by atoms with Crippen LogP contribution >= 0.6 is 0 Å². The van der Waals surface area contributed by atoms with Gasteiger partial charge in [-0.3, -0.25) is 4.79 Å². The Labute approximate surface area is 203 Å². The van der Waals surface area contributed by atoms with Gasteiger partial charge in [-0.15, -0.1) is 0 Å². The minimum absolute atomic E-state index is 0.369. The topological polar surface area (TPSA) is 89.8 Å². The second-order valence-corrected chi connectivity index (χ2v) is 9.25. The molecule has 0 aliphatic rings. The molecule has 0 fully saturated rings. The highest BCUT2D eigenvalue weighted by molar-refractivity contribution is 5.80. The molecule has 1 amide bonds. The SMILES string of the molecule is CCCC/C=C\CCCCCC(O)C(=O)NC(CO)C(O)/C=C/CCCCCCCCCC. The summed E-state index contributed by atoms with van der Waals surface area (Å²) in [5.74, 6) is -0.524. The quantitative estimate of drug-likeness (QED) is 0.110. The molecule has 5 nitrogen and oxygen atoms in total. The Bertz CT molecular complexity index is 492. The van der Waals surface area contributed by atoms with Gasteiger partial charge in [-0.2, -0.15) is 0 Å². The molecule has 194 valence electrons. The van der Waals surface area contributed by atoms with Gasteiger partial charge in [0.25, 0.3) is 0 Å². The summed E-state index contributed by atoms with van der Waals surface area (Å²) in [5, 5.41) is 32.5. The molecule has 5 heteroatoms. The van der Waals surface area contributed by atoms with Gasteiger partial charge in [-0.25, -0.2) is 0 Å². The van der Waals surface area contributed by atoms with Crippen molar-refractivity contribution in [2.75, 3.05) is 6.61 Å². The number of hydrogen-bond acceptors (Lipinski definition) is 4. The number of hydrogen-bond donors (Lipinski definition) is 4. The highest BCUT2D eigenvalue weighted by Crippen LogP contribution is 2.11. The molecule has 33 heavy (non-hydrogen) atoms.